The molecule has 0 aromatic carbocycles. The summed E-state index contributed by atoms with van der Waals surface area (Å²) >= 11 is 2.92. The van der Waals surface area contributed by atoms with Crippen molar-refractivity contribution in [3.05, 3.63) is 0 Å². The second-order valence-corrected chi connectivity index (χ2v) is 25.8. The Morgan fingerprint density at radius 1 is 0.355 bits per heavy atom. The molecule has 0 amide bonds. The summed E-state index contributed by atoms with van der Waals surface area (Å²) in [6, 6.07) is 0. The zero-order chi connectivity index (χ0) is 55.4. The first-order valence-corrected chi connectivity index (χ1v) is 35.0. The zero-order valence-electron chi connectivity index (χ0n) is 50.7. The zero-order valence-corrected chi connectivity index (χ0v) is 52.3. The van der Waals surface area contributed by atoms with Gasteiger partial charge in [0.25, 0.3) is 0 Å². The van der Waals surface area contributed by atoms with Crippen LogP contribution in [-0.2, 0) is 9.59 Å². The Morgan fingerprint density at radius 2 is 0.579 bits per heavy atom. The van der Waals surface area contributed by atoms with Crippen LogP contribution in [0.4, 0.5) is 0 Å². The molecule has 1 heterocycles. The van der Waals surface area contributed by atoms with Gasteiger partial charge in [0, 0.05) is 89.8 Å². The Morgan fingerprint density at radius 3 is 0.816 bits per heavy atom. The first-order chi connectivity index (χ1) is 37.1. The van der Waals surface area contributed by atoms with E-state index < -0.39 is 24.4 Å². The minimum Gasteiger partial charge on any atom is -0.392 e. The highest BCUT2D eigenvalue weighted by atomic mass is 32.2. The Balaban J connectivity index is 2.41. The van der Waals surface area contributed by atoms with Crippen LogP contribution in [0.3, 0.4) is 0 Å². The van der Waals surface area contributed by atoms with Gasteiger partial charge in [0.2, 0.25) is 0 Å². The molecule has 0 saturated carbocycles. The number of carbonyl (C=O) groups is 2. The van der Waals surface area contributed by atoms with E-state index in [2.05, 4.69) is 47.3 Å². The van der Waals surface area contributed by atoms with Crippen LogP contribution in [0.1, 0.15) is 285 Å². The molecule has 1 fully saturated rings. The van der Waals surface area contributed by atoms with Crippen LogP contribution in [0.15, 0.2) is 0 Å². The number of thioether (sulfide) groups is 2. The minimum atomic E-state index is -0.393. The summed E-state index contributed by atoms with van der Waals surface area (Å²) in [5.74, 6) is 1.60. The molecule has 452 valence electrons. The Kier molecular flexibility index (Phi) is 53.6. The van der Waals surface area contributed by atoms with Gasteiger partial charge in [0.05, 0.1) is 24.4 Å². The topological polar surface area (TPSA) is 128 Å². The van der Waals surface area contributed by atoms with Crippen LogP contribution in [0.5, 0.6) is 0 Å². The van der Waals surface area contributed by atoms with Gasteiger partial charge in [-0.05, 0) is 51.6 Å². The summed E-state index contributed by atoms with van der Waals surface area (Å²) in [4.78, 5) is 35.4. The molecule has 4 N–H and O–H groups in total. The number of rotatable bonds is 58. The van der Waals surface area contributed by atoms with Gasteiger partial charge >= 0.3 is 0 Å². The molecule has 1 aliphatic heterocycles. The summed E-state index contributed by atoms with van der Waals surface area (Å²) in [5.41, 5.74) is 0. The van der Waals surface area contributed by atoms with Gasteiger partial charge in [0.1, 0.15) is 0 Å². The number of hydrogen-bond acceptors (Lipinski definition) is 12. The van der Waals surface area contributed by atoms with E-state index in [0.717, 1.165) is 128 Å². The predicted molar refractivity (Wildman–Crippen MR) is 332 cm³/mol. The number of piperazine rings is 1. The summed E-state index contributed by atoms with van der Waals surface area (Å²) in [6.45, 7) is 18.5. The number of carbonyl (C=O) groups excluding carboxylic acids is 2. The van der Waals surface area contributed by atoms with Crippen LogP contribution in [0, 0.1) is 0 Å². The van der Waals surface area contributed by atoms with Crippen molar-refractivity contribution in [1.29, 1.82) is 0 Å². The van der Waals surface area contributed by atoms with Crippen LogP contribution in [0.2, 0.25) is 0 Å². The molecule has 76 heavy (non-hydrogen) atoms. The maximum atomic E-state index is 13.0. The van der Waals surface area contributed by atoms with Gasteiger partial charge in [-0.1, -0.05) is 257 Å². The van der Waals surface area contributed by atoms with E-state index in [1.54, 1.807) is 0 Å². The Bertz CT molecular complexity index is 1100. The molecule has 0 radical (unpaired) electrons. The van der Waals surface area contributed by atoms with Crippen LogP contribution < -0.4 is 0 Å². The first-order valence-electron chi connectivity index (χ1n) is 33.0. The second-order valence-electron chi connectivity index (χ2n) is 23.5. The normalized spacial score (nSPS) is 15.3. The van der Waals surface area contributed by atoms with Crippen molar-refractivity contribution in [3.63, 3.8) is 0 Å². The summed E-state index contributed by atoms with van der Waals surface area (Å²) in [7, 11) is 0. The van der Waals surface area contributed by atoms with Crippen LogP contribution in [0.25, 0.3) is 0 Å². The van der Waals surface area contributed by atoms with E-state index in [1.165, 1.54) is 203 Å². The Hall–Kier alpha value is -0.280. The first kappa shape index (κ1) is 73.7. The van der Waals surface area contributed by atoms with E-state index in [9.17, 15) is 30.0 Å². The molecule has 1 saturated heterocycles. The van der Waals surface area contributed by atoms with E-state index >= 15 is 0 Å². The van der Waals surface area contributed by atoms with Gasteiger partial charge in [-0.3, -0.25) is 29.2 Å². The molecular formula is C64H128N4O6S2. The van der Waals surface area contributed by atoms with Gasteiger partial charge in [-0.25, -0.2) is 0 Å². The third-order valence-corrected chi connectivity index (χ3v) is 17.8. The number of hydrogen-bond donors (Lipinski definition) is 4. The summed E-state index contributed by atoms with van der Waals surface area (Å²) < 4.78 is 0. The monoisotopic (exact) mass is 1110 g/mol. The van der Waals surface area contributed by atoms with Crippen molar-refractivity contribution < 1.29 is 30.0 Å². The van der Waals surface area contributed by atoms with E-state index in [1.807, 2.05) is 0 Å². The molecule has 0 aliphatic carbocycles. The van der Waals surface area contributed by atoms with Crippen LogP contribution in [-0.4, -0.2) is 165 Å². The second kappa shape index (κ2) is 55.3. The standard InChI is InChI=1S/C64H128N4O6S2/c1-5-9-13-17-21-25-29-33-39-59(69)55-67(56-60(70)40-34-30-26-22-18-14-10-6-2)45-37-43-63(73)75-53-51-65-47-49-66(50-48-65)52-54-76-64(74)44-38-46-68(57-61(71)41-35-31-27-23-19-15-11-7-3)58-62(72)42-36-32-28-24-20-16-12-8-4/h59-62,69-72H,5-58H2,1-4H3. The maximum absolute atomic E-state index is 13.0. The lowest BCUT2D eigenvalue weighted by atomic mass is 10.0. The third kappa shape index (κ3) is 48.4. The third-order valence-electron chi connectivity index (χ3n) is 16.0. The highest BCUT2D eigenvalue weighted by molar-refractivity contribution is 8.13. The molecule has 0 spiro atoms. The van der Waals surface area contributed by atoms with E-state index in [-0.39, 0.29) is 10.2 Å². The molecule has 0 bridgehead atoms. The van der Waals surface area contributed by atoms with Crippen molar-refractivity contribution in [2.24, 2.45) is 0 Å². The van der Waals surface area contributed by atoms with Crippen molar-refractivity contribution in [2.45, 2.75) is 309 Å². The smallest absolute Gasteiger partial charge is 0.189 e. The average Bonchev–Trinajstić information content (AvgIpc) is 3.39. The largest absolute Gasteiger partial charge is 0.392 e. The lowest BCUT2D eigenvalue weighted by molar-refractivity contribution is -0.111. The molecule has 1 aliphatic rings. The molecule has 0 aromatic heterocycles. The van der Waals surface area contributed by atoms with E-state index in [4.69, 9.17) is 0 Å². The van der Waals surface area contributed by atoms with E-state index in [0.29, 0.717) is 39.0 Å². The lowest BCUT2D eigenvalue weighted by Crippen LogP contribution is -2.47. The van der Waals surface area contributed by atoms with Crippen molar-refractivity contribution in [3.8, 4) is 0 Å². The highest BCUT2D eigenvalue weighted by Crippen LogP contribution is 2.19. The summed E-state index contributed by atoms with van der Waals surface area (Å²) in [5, 5.41) is 44.5. The van der Waals surface area contributed by atoms with Gasteiger partial charge in [-0.15, -0.1) is 0 Å². The number of unbranched alkanes of at least 4 members (excludes halogenated alkanes) is 28. The summed E-state index contributed by atoms with van der Waals surface area (Å²) in [6.07, 6.45) is 44.3. The SMILES string of the molecule is CCCCCCCCCCC(O)CN(CCCC(=O)SCCN1CCN(CCSC(=O)CCCN(CC(O)CCCCCCCCCC)CC(O)CCCCCCCCCC)CC1)CC(O)CCCCCCCCCC. The fraction of sp³-hybridized carbons (Fsp3) is 0.969. The molecular weight excluding hydrogens is 985 g/mol. The molecule has 10 nitrogen and oxygen atoms in total. The van der Waals surface area contributed by atoms with Gasteiger partial charge in [-0.2, -0.15) is 0 Å². The fourth-order valence-corrected chi connectivity index (χ4v) is 12.7. The molecule has 4 unspecified atom stereocenters. The van der Waals surface area contributed by atoms with Crippen molar-refractivity contribution in [2.75, 3.05) is 90.0 Å². The predicted octanol–water partition coefficient (Wildman–Crippen LogP) is 14.9. The van der Waals surface area contributed by atoms with Gasteiger partial charge in [0.15, 0.2) is 10.2 Å². The van der Waals surface area contributed by atoms with Crippen molar-refractivity contribution in [1.82, 2.24) is 19.6 Å². The molecule has 12 heteroatoms. The van der Waals surface area contributed by atoms with Gasteiger partial charge < -0.3 is 20.4 Å². The molecule has 1 rings (SSSR count). The number of nitrogens with zero attached hydrogens (tertiary/aromatic N) is 4. The highest BCUT2D eigenvalue weighted by Gasteiger charge is 2.20. The lowest BCUT2D eigenvalue weighted by Gasteiger charge is -2.34. The quantitative estimate of drug-likeness (QED) is 0.0433. The van der Waals surface area contributed by atoms with Crippen LogP contribution >= 0.6 is 23.5 Å². The Labute approximate surface area is 480 Å². The maximum Gasteiger partial charge on any atom is 0.189 e. The average molecular weight is 1110 g/mol. The minimum absolute atomic E-state index is 0.241. The number of aliphatic hydroxyl groups excluding tert-OH is 4. The molecule has 4 atom stereocenters. The van der Waals surface area contributed by atoms with Crippen molar-refractivity contribution >= 4 is 33.8 Å². The fourth-order valence-electron chi connectivity index (χ4n) is 11.0. The number of aliphatic hydroxyl groups is 4. The molecule has 0 aromatic rings.